The van der Waals surface area contributed by atoms with Gasteiger partial charge in [0.1, 0.15) is 13.2 Å². The lowest BCUT2D eigenvalue weighted by Crippen LogP contribution is -2.20. The summed E-state index contributed by atoms with van der Waals surface area (Å²) in [6.45, 7) is -0.767. The van der Waals surface area contributed by atoms with E-state index in [-0.39, 0.29) is 6.61 Å². The first-order chi connectivity index (χ1) is 7.59. The van der Waals surface area contributed by atoms with E-state index in [1.165, 1.54) is 0 Å². The predicted molar refractivity (Wildman–Crippen MR) is 61.2 cm³/mol. The van der Waals surface area contributed by atoms with E-state index < -0.39 is 18.5 Å². The Morgan fingerprint density at radius 1 is 1.31 bits per heavy atom. The fraction of sp³-hybridized carbons (Fsp3) is 0.200. The Bertz CT molecular complexity index is 394. The summed E-state index contributed by atoms with van der Waals surface area (Å²) < 4.78 is 5.39. The van der Waals surface area contributed by atoms with Crippen molar-refractivity contribution in [3.05, 3.63) is 28.7 Å². The molecule has 0 aliphatic heterocycles. The SMILES string of the molecule is O=C(O)COCC(=O)Nc1ccccc1Br. The van der Waals surface area contributed by atoms with E-state index in [1.807, 2.05) is 6.07 Å². The van der Waals surface area contributed by atoms with Gasteiger partial charge < -0.3 is 15.2 Å². The molecule has 1 aromatic rings. The number of aliphatic carboxylic acids is 1. The van der Waals surface area contributed by atoms with Gasteiger partial charge in [-0.15, -0.1) is 0 Å². The van der Waals surface area contributed by atoms with E-state index in [2.05, 4.69) is 26.0 Å². The molecule has 0 fully saturated rings. The summed E-state index contributed by atoms with van der Waals surface area (Å²) >= 11 is 3.27. The molecular weight excluding hydrogens is 278 g/mol. The van der Waals surface area contributed by atoms with Gasteiger partial charge in [0.2, 0.25) is 5.91 Å². The van der Waals surface area contributed by atoms with Gasteiger partial charge in [0.25, 0.3) is 0 Å². The number of nitrogens with one attached hydrogen (secondary N) is 1. The molecule has 0 saturated heterocycles. The number of para-hydroxylation sites is 1. The molecule has 86 valence electrons. The molecule has 0 heterocycles. The van der Waals surface area contributed by atoms with Crippen LogP contribution in [0.25, 0.3) is 0 Å². The number of carboxylic acid groups (broad SMARTS) is 1. The lowest BCUT2D eigenvalue weighted by Gasteiger charge is -2.06. The molecule has 0 aliphatic rings. The van der Waals surface area contributed by atoms with Crippen LogP contribution in [0.1, 0.15) is 0 Å². The third-order valence-corrected chi connectivity index (χ3v) is 2.30. The molecule has 0 atom stereocenters. The summed E-state index contributed by atoms with van der Waals surface area (Å²) in [6.07, 6.45) is 0. The Morgan fingerprint density at radius 3 is 2.62 bits per heavy atom. The molecule has 0 unspecified atom stereocenters. The highest BCUT2D eigenvalue weighted by Gasteiger charge is 2.06. The van der Waals surface area contributed by atoms with E-state index in [4.69, 9.17) is 5.11 Å². The number of anilines is 1. The van der Waals surface area contributed by atoms with Crippen molar-refractivity contribution < 1.29 is 19.4 Å². The first-order valence-corrected chi connectivity index (χ1v) is 5.23. The normalized spacial score (nSPS) is 9.81. The van der Waals surface area contributed by atoms with Crippen LogP contribution < -0.4 is 5.32 Å². The highest BCUT2D eigenvalue weighted by Crippen LogP contribution is 2.20. The molecule has 0 aliphatic carbocycles. The van der Waals surface area contributed by atoms with Crippen molar-refractivity contribution in [3.63, 3.8) is 0 Å². The standard InChI is InChI=1S/C10H10BrNO4/c11-7-3-1-2-4-8(7)12-9(13)5-16-6-10(14)15/h1-4H,5-6H2,(H,12,13)(H,14,15). The zero-order valence-electron chi connectivity index (χ0n) is 8.27. The maximum absolute atomic E-state index is 11.3. The highest BCUT2D eigenvalue weighted by atomic mass is 79.9. The van der Waals surface area contributed by atoms with E-state index in [9.17, 15) is 9.59 Å². The van der Waals surface area contributed by atoms with Crippen LogP contribution in [0.5, 0.6) is 0 Å². The summed E-state index contributed by atoms with van der Waals surface area (Å²) in [5.74, 6) is -1.50. The van der Waals surface area contributed by atoms with Crippen molar-refractivity contribution >= 4 is 33.5 Å². The third-order valence-electron chi connectivity index (χ3n) is 1.61. The minimum Gasteiger partial charge on any atom is -0.480 e. The van der Waals surface area contributed by atoms with Crippen molar-refractivity contribution in [2.24, 2.45) is 0 Å². The molecule has 0 saturated carbocycles. The predicted octanol–water partition coefficient (Wildman–Crippen LogP) is 1.49. The van der Waals surface area contributed by atoms with Crippen LogP contribution in [-0.4, -0.2) is 30.2 Å². The topological polar surface area (TPSA) is 75.6 Å². The fourth-order valence-corrected chi connectivity index (χ4v) is 1.36. The quantitative estimate of drug-likeness (QED) is 0.860. The Morgan fingerprint density at radius 2 is 2.00 bits per heavy atom. The number of carbonyl (C=O) groups excluding carboxylic acids is 1. The summed E-state index contributed by atoms with van der Waals surface area (Å²) in [5.41, 5.74) is 0.617. The molecule has 0 aromatic heterocycles. The maximum Gasteiger partial charge on any atom is 0.329 e. The molecule has 1 amide bonds. The molecule has 0 bridgehead atoms. The summed E-state index contributed by atoms with van der Waals surface area (Å²) in [7, 11) is 0. The summed E-state index contributed by atoms with van der Waals surface area (Å²) in [6, 6.07) is 7.10. The number of ether oxygens (including phenoxy) is 1. The largest absolute Gasteiger partial charge is 0.480 e. The van der Waals surface area contributed by atoms with E-state index in [0.29, 0.717) is 5.69 Å². The number of amides is 1. The van der Waals surface area contributed by atoms with Crippen LogP contribution in [0.15, 0.2) is 28.7 Å². The number of rotatable bonds is 5. The molecule has 2 N–H and O–H groups in total. The van der Waals surface area contributed by atoms with Crippen LogP contribution in [0.3, 0.4) is 0 Å². The molecule has 5 nitrogen and oxygen atoms in total. The van der Waals surface area contributed by atoms with Crippen molar-refractivity contribution in [2.45, 2.75) is 0 Å². The van der Waals surface area contributed by atoms with Gasteiger partial charge in [-0.1, -0.05) is 12.1 Å². The van der Waals surface area contributed by atoms with Crippen molar-refractivity contribution in [1.29, 1.82) is 0 Å². The Hall–Kier alpha value is -1.40. The first kappa shape index (κ1) is 12.7. The molecule has 16 heavy (non-hydrogen) atoms. The van der Waals surface area contributed by atoms with Gasteiger partial charge in [-0.3, -0.25) is 4.79 Å². The Kier molecular flexibility index (Phi) is 4.94. The molecular formula is C10H10BrNO4. The van der Waals surface area contributed by atoms with Crippen LogP contribution >= 0.6 is 15.9 Å². The number of carboxylic acids is 1. The number of carbonyl (C=O) groups is 2. The second-order valence-electron chi connectivity index (χ2n) is 2.91. The van der Waals surface area contributed by atoms with Gasteiger partial charge in [-0.2, -0.15) is 0 Å². The zero-order valence-corrected chi connectivity index (χ0v) is 9.86. The molecule has 1 rings (SSSR count). The summed E-state index contributed by atoms with van der Waals surface area (Å²) in [5, 5.41) is 10.9. The van der Waals surface area contributed by atoms with Gasteiger partial charge in [0.05, 0.1) is 5.69 Å². The lowest BCUT2D eigenvalue weighted by molar-refractivity contribution is -0.143. The molecule has 0 spiro atoms. The zero-order chi connectivity index (χ0) is 12.0. The average Bonchev–Trinajstić information content (AvgIpc) is 2.21. The van der Waals surface area contributed by atoms with E-state index in [0.717, 1.165) is 4.47 Å². The average molecular weight is 288 g/mol. The molecule has 1 aromatic carbocycles. The van der Waals surface area contributed by atoms with Gasteiger partial charge in [-0.25, -0.2) is 4.79 Å². The van der Waals surface area contributed by atoms with Crippen LogP contribution in [0, 0.1) is 0 Å². The third kappa shape index (κ3) is 4.41. The van der Waals surface area contributed by atoms with Gasteiger partial charge in [0, 0.05) is 4.47 Å². The number of benzene rings is 1. The second-order valence-corrected chi connectivity index (χ2v) is 3.77. The Balaban J connectivity index is 2.40. The van der Waals surface area contributed by atoms with Crippen LogP contribution in [-0.2, 0) is 14.3 Å². The van der Waals surface area contributed by atoms with Gasteiger partial charge in [-0.05, 0) is 28.1 Å². The van der Waals surface area contributed by atoms with E-state index >= 15 is 0 Å². The minimum absolute atomic E-state index is 0.284. The van der Waals surface area contributed by atoms with Crippen molar-refractivity contribution in [3.8, 4) is 0 Å². The monoisotopic (exact) mass is 287 g/mol. The fourth-order valence-electron chi connectivity index (χ4n) is 0.980. The van der Waals surface area contributed by atoms with Crippen molar-refractivity contribution in [1.82, 2.24) is 0 Å². The van der Waals surface area contributed by atoms with E-state index in [1.54, 1.807) is 18.2 Å². The van der Waals surface area contributed by atoms with Gasteiger partial charge >= 0.3 is 5.97 Å². The molecule has 6 heteroatoms. The van der Waals surface area contributed by atoms with Crippen LogP contribution in [0.4, 0.5) is 5.69 Å². The maximum atomic E-state index is 11.3. The Labute approximate surface area is 101 Å². The number of hydrogen-bond donors (Lipinski definition) is 2. The second kappa shape index (κ2) is 6.24. The number of hydrogen-bond acceptors (Lipinski definition) is 3. The summed E-state index contributed by atoms with van der Waals surface area (Å²) in [4.78, 5) is 21.4. The highest BCUT2D eigenvalue weighted by molar-refractivity contribution is 9.10. The van der Waals surface area contributed by atoms with Crippen LogP contribution in [0.2, 0.25) is 0 Å². The first-order valence-electron chi connectivity index (χ1n) is 4.43. The van der Waals surface area contributed by atoms with Crippen molar-refractivity contribution in [2.75, 3.05) is 18.5 Å². The molecule has 0 radical (unpaired) electrons. The minimum atomic E-state index is -1.10. The lowest BCUT2D eigenvalue weighted by atomic mass is 10.3. The van der Waals surface area contributed by atoms with Gasteiger partial charge in [0.15, 0.2) is 0 Å². The number of halogens is 1. The smallest absolute Gasteiger partial charge is 0.329 e.